The molecule has 1 aromatic heterocycles. The van der Waals surface area contributed by atoms with Crippen molar-refractivity contribution in [3.05, 3.63) is 29.6 Å². The first-order chi connectivity index (χ1) is 6.43. The highest BCUT2D eigenvalue weighted by Crippen LogP contribution is 2.43. The normalized spacial score (nSPS) is 26.3. The number of halogens is 3. The van der Waals surface area contributed by atoms with Gasteiger partial charge in [-0.05, 0) is 13.0 Å². The van der Waals surface area contributed by atoms with Crippen molar-refractivity contribution < 1.29 is 17.9 Å². The molecule has 0 radical (unpaired) electrons. The lowest BCUT2D eigenvalue weighted by molar-refractivity contribution is -0.138. The fourth-order valence-corrected chi connectivity index (χ4v) is 1.33. The Morgan fingerprint density at radius 1 is 1.50 bits per heavy atom. The second-order valence-electron chi connectivity index (χ2n) is 3.44. The smallest absolute Gasteiger partial charge is 0.365 e. The van der Waals surface area contributed by atoms with Crippen molar-refractivity contribution in [3.8, 4) is 0 Å². The first kappa shape index (κ1) is 9.45. The van der Waals surface area contributed by atoms with Crippen molar-refractivity contribution in [1.82, 2.24) is 4.98 Å². The van der Waals surface area contributed by atoms with Crippen LogP contribution >= 0.6 is 0 Å². The van der Waals surface area contributed by atoms with Crippen LogP contribution in [0.15, 0.2) is 18.5 Å². The maximum absolute atomic E-state index is 12.5. The van der Waals surface area contributed by atoms with Gasteiger partial charge >= 0.3 is 6.18 Å². The number of pyridine rings is 1. The number of hydrogen-bond donors (Lipinski definition) is 0. The average Bonchev–Trinajstić information content (AvgIpc) is 2.84. The summed E-state index contributed by atoms with van der Waals surface area (Å²) in [6.45, 7) is 1.95. The molecule has 2 rings (SSSR count). The second kappa shape index (κ2) is 2.70. The van der Waals surface area contributed by atoms with E-state index in [0.29, 0.717) is 6.61 Å². The highest BCUT2D eigenvalue weighted by atomic mass is 19.4. The largest absolute Gasteiger partial charge is 0.416 e. The third kappa shape index (κ3) is 1.48. The van der Waals surface area contributed by atoms with E-state index in [1.165, 1.54) is 6.20 Å². The van der Waals surface area contributed by atoms with Gasteiger partial charge in [-0.3, -0.25) is 4.98 Å². The highest BCUT2D eigenvalue weighted by molar-refractivity contribution is 5.34. The molecule has 0 bridgehead atoms. The Morgan fingerprint density at radius 3 is 2.64 bits per heavy atom. The Bertz CT molecular complexity index is 333. The SMILES string of the molecule is CC1(c2cnccc2C(F)(F)F)CO1. The van der Waals surface area contributed by atoms with Gasteiger partial charge in [0.25, 0.3) is 0 Å². The molecule has 1 aliphatic rings. The van der Waals surface area contributed by atoms with E-state index in [1.54, 1.807) is 6.92 Å². The van der Waals surface area contributed by atoms with Gasteiger partial charge in [-0.1, -0.05) is 0 Å². The molecule has 2 nitrogen and oxygen atoms in total. The summed E-state index contributed by atoms with van der Waals surface area (Å²) < 4.78 is 42.5. The van der Waals surface area contributed by atoms with Gasteiger partial charge in [-0.25, -0.2) is 0 Å². The maximum atomic E-state index is 12.5. The molecule has 5 heteroatoms. The van der Waals surface area contributed by atoms with Gasteiger partial charge in [-0.15, -0.1) is 0 Å². The first-order valence-electron chi connectivity index (χ1n) is 4.09. The molecular weight excluding hydrogens is 195 g/mol. The minimum Gasteiger partial charge on any atom is -0.365 e. The van der Waals surface area contributed by atoms with Gasteiger partial charge in [-0.2, -0.15) is 13.2 Å². The van der Waals surface area contributed by atoms with Crippen molar-refractivity contribution in [2.45, 2.75) is 18.7 Å². The number of rotatable bonds is 1. The predicted octanol–water partition coefficient (Wildman–Crippen LogP) is 2.35. The van der Waals surface area contributed by atoms with Gasteiger partial charge in [0.05, 0.1) is 12.2 Å². The maximum Gasteiger partial charge on any atom is 0.416 e. The van der Waals surface area contributed by atoms with E-state index in [1.807, 2.05) is 0 Å². The molecule has 1 aromatic rings. The van der Waals surface area contributed by atoms with E-state index < -0.39 is 17.3 Å². The van der Waals surface area contributed by atoms with Crippen LogP contribution in [-0.2, 0) is 16.5 Å². The lowest BCUT2D eigenvalue weighted by Crippen LogP contribution is -2.15. The quantitative estimate of drug-likeness (QED) is 0.654. The molecule has 1 saturated heterocycles. The predicted molar refractivity (Wildman–Crippen MR) is 42.5 cm³/mol. The zero-order valence-corrected chi connectivity index (χ0v) is 7.43. The van der Waals surface area contributed by atoms with Crippen LogP contribution < -0.4 is 0 Å². The molecular formula is C9H8F3NO. The Labute approximate surface area is 78.7 Å². The van der Waals surface area contributed by atoms with Crippen molar-refractivity contribution in [2.24, 2.45) is 0 Å². The van der Waals surface area contributed by atoms with Crippen LogP contribution in [-0.4, -0.2) is 11.6 Å². The number of aromatic nitrogens is 1. The average molecular weight is 203 g/mol. The lowest BCUT2D eigenvalue weighted by atomic mass is 9.98. The van der Waals surface area contributed by atoms with Crippen LogP contribution in [0.2, 0.25) is 0 Å². The van der Waals surface area contributed by atoms with Crippen LogP contribution in [0, 0.1) is 0 Å². The van der Waals surface area contributed by atoms with E-state index >= 15 is 0 Å². The van der Waals surface area contributed by atoms with Crippen molar-refractivity contribution in [1.29, 1.82) is 0 Å². The van der Waals surface area contributed by atoms with Gasteiger partial charge in [0.15, 0.2) is 0 Å². The van der Waals surface area contributed by atoms with Gasteiger partial charge in [0.1, 0.15) is 5.60 Å². The molecule has 2 heterocycles. The van der Waals surface area contributed by atoms with E-state index in [4.69, 9.17) is 4.74 Å². The standard InChI is InChI=1S/C9H8F3NO/c1-8(5-14-8)7-4-13-3-2-6(7)9(10,11)12/h2-4H,5H2,1H3. The van der Waals surface area contributed by atoms with Crippen LogP contribution in [0.5, 0.6) is 0 Å². The number of epoxide rings is 1. The van der Waals surface area contributed by atoms with Crippen LogP contribution in [0.3, 0.4) is 0 Å². The number of alkyl halides is 3. The minimum atomic E-state index is -4.34. The zero-order valence-electron chi connectivity index (χ0n) is 7.43. The molecule has 76 valence electrons. The van der Waals surface area contributed by atoms with Gasteiger partial charge in [0.2, 0.25) is 0 Å². The summed E-state index contributed by atoms with van der Waals surface area (Å²) in [4.78, 5) is 3.69. The topological polar surface area (TPSA) is 25.4 Å². The van der Waals surface area contributed by atoms with E-state index in [-0.39, 0.29) is 5.56 Å². The molecule has 1 fully saturated rings. The van der Waals surface area contributed by atoms with Crippen molar-refractivity contribution in [2.75, 3.05) is 6.61 Å². The number of hydrogen-bond acceptors (Lipinski definition) is 2. The monoisotopic (exact) mass is 203 g/mol. The Balaban J connectivity index is 2.50. The zero-order chi connectivity index (χ0) is 10.4. The third-order valence-corrected chi connectivity index (χ3v) is 2.27. The Hall–Kier alpha value is -1.10. The lowest BCUT2D eigenvalue weighted by Gasteiger charge is -2.14. The fraction of sp³-hybridized carbons (Fsp3) is 0.444. The number of nitrogens with zero attached hydrogens (tertiary/aromatic N) is 1. The Morgan fingerprint density at radius 2 is 2.14 bits per heavy atom. The molecule has 1 atom stereocenters. The fourth-order valence-electron chi connectivity index (χ4n) is 1.33. The van der Waals surface area contributed by atoms with Crippen molar-refractivity contribution in [3.63, 3.8) is 0 Å². The second-order valence-corrected chi connectivity index (χ2v) is 3.44. The summed E-state index contributed by atoms with van der Waals surface area (Å²) >= 11 is 0. The molecule has 1 unspecified atom stereocenters. The van der Waals surface area contributed by atoms with Crippen LogP contribution in [0.25, 0.3) is 0 Å². The van der Waals surface area contributed by atoms with E-state index in [0.717, 1.165) is 12.3 Å². The Kier molecular flexibility index (Phi) is 1.82. The summed E-state index contributed by atoms with van der Waals surface area (Å²) in [5.41, 5.74) is -1.33. The molecule has 14 heavy (non-hydrogen) atoms. The third-order valence-electron chi connectivity index (χ3n) is 2.27. The van der Waals surface area contributed by atoms with Crippen molar-refractivity contribution >= 4 is 0 Å². The van der Waals surface area contributed by atoms with Crippen LogP contribution in [0.4, 0.5) is 13.2 Å². The molecule has 0 spiro atoms. The van der Waals surface area contributed by atoms with Crippen LogP contribution in [0.1, 0.15) is 18.1 Å². The number of ether oxygens (including phenoxy) is 1. The van der Waals surface area contributed by atoms with Gasteiger partial charge < -0.3 is 4.74 Å². The summed E-state index contributed by atoms with van der Waals surface area (Å²) in [6.07, 6.45) is -1.98. The van der Waals surface area contributed by atoms with E-state index in [2.05, 4.69) is 4.98 Å². The van der Waals surface area contributed by atoms with E-state index in [9.17, 15) is 13.2 Å². The highest BCUT2D eigenvalue weighted by Gasteiger charge is 2.47. The molecule has 0 N–H and O–H groups in total. The summed E-state index contributed by atoms with van der Waals surface area (Å²) in [7, 11) is 0. The molecule has 0 saturated carbocycles. The molecule has 0 amide bonds. The molecule has 0 aliphatic carbocycles. The minimum absolute atomic E-state index is 0.118. The summed E-state index contributed by atoms with van der Waals surface area (Å²) in [5.74, 6) is 0. The first-order valence-corrected chi connectivity index (χ1v) is 4.09. The summed E-state index contributed by atoms with van der Waals surface area (Å²) in [5, 5.41) is 0. The molecule has 1 aliphatic heterocycles. The summed E-state index contributed by atoms with van der Waals surface area (Å²) in [6, 6.07) is 0.974. The van der Waals surface area contributed by atoms with Gasteiger partial charge in [0, 0.05) is 18.0 Å². The molecule has 0 aromatic carbocycles.